The first-order valence-electron chi connectivity index (χ1n) is 15.9. The van der Waals surface area contributed by atoms with Gasteiger partial charge in [0.2, 0.25) is 0 Å². The summed E-state index contributed by atoms with van der Waals surface area (Å²) in [6.07, 6.45) is 0. The third kappa shape index (κ3) is 4.08. The van der Waals surface area contributed by atoms with Crippen LogP contribution in [0.5, 0.6) is 0 Å². The normalized spacial score (nSPS) is 11.8. The van der Waals surface area contributed by atoms with Crippen molar-refractivity contribution in [2.24, 2.45) is 0 Å². The van der Waals surface area contributed by atoms with Crippen LogP contribution in [0.2, 0.25) is 0 Å². The van der Waals surface area contributed by atoms with Crippen molar-refractivity contribution in [2.45, 2.75) is 0 Å². The maximum Gasteiger partial charge on any atom is 0.164 e. The molecule has 0 aliphatic rings. The topological polar surface area (TPSA) is 65.0 Å². The van der Waals surface area contributed by atoms with E-state index in [1.54, 1.807) is 0 Å². The largest absolute Gasteiger partial charge is 0.456 e. The predicted octanol–water partition coefficient (Wildman–Crippen LogP) is 11.5. The van der Waals surface area contributed by atoms with Crippen molar-refractivity contribution in [3.8, 4) is 45.3 Å². The Bertz CT molecular complexity index is 2720. The van der Waals surface area contributed by atoms with Crippen LogP contribution in [0.15, 0.2) is 160 Å². The van der Waals surface area contributed by atoms with Crippen LogP contribution in [0.25, 0.3) is 99.9 Å². The second-order valence-corrected chi connectivity index (χ2v) is 11.9. The molecule has 0 unspecified atom stereocenters. The lowest BCUT2D eigenvalue weighted by Gasteiger charge is -2.13. The standard InChI is InChI=1S/C43H25N3O2/c1-2-12-26(13-3-1)27-24-25-30(29-15-5-4-14-28(27)29)41-44-42(33-18-10-22-37-39(33)31-16-6-8-20-35(31)47-37)46-43(45-41)34-19-11-23-38-40(34)32-17-7-9-21-36(32)48-38/h1-25H. The summed E-state index contributed by atoms with van der Waals surface area (Å²) in [5, 5.41) is 6.20. The Kier molecular flexibility index (Phi) is 5.81. The van der Waals surface area contributed by atoms with E-state index in [-0.39, 0.29) is 0 Å². The molecule has 0 atom stereocenters. The van der Waals surface area contributed by atoms with Gasteiger partial charge in [-0.05, 0) is 52.2 Å². The molecule has 5 heteroatoms. The maximum atomic E-state index is 6.27. The monoisotopic (exact) mass is 615 g/mol. The van der Waals surface area contributed by atoms with Gasteiger partial charge in [0.25, 0.3) is 0 Å². The molecule has 0 fully saturated rings. The van der Waals surface area contributed by atoms with Crippen LogP contribution >= 0.6 is 0 Å². The first-order chi connectivity index (χ1) is 23.8. The lowest BCUT2D eigenvalue weighted by Crippen LogP contribution is -2.01. The second kappa shape index (κ2) is 10.5. The summed E-state index contributed by atoms with van der Waals surface area (Å²) in [4.78, 5) is 15.7. The number of para-hydroxylation sites is 2. The molecule has 0 saturated heterocycles. The van der Waals surface area contributed by atoms with Gasteiger partial charge in [-0.3, -0.25) is 0 Å². The van der Waals surface area contributed by atoms with E-state index in [9.17, 15) is 0 Å². The zero-order chi connectivity index (χ0) is 31.6. The Balaban J connectivity index is 1.29. The number of fused-ring (bicyclic) bond motifs is 7. The fourth-order valence-electron chi connectivity index (χ4n) is 7.02. The minimum absolute atomic E-state index is 0.577. The third-order valence-corrected chi connectivity index (χ3v) is 9.17. The van der Waals surface area contributed by atoms with Gasteiger partial charge in [0.1, 0.15) is 22.3 Å². The highest BCUT2D eigenvalue weighted by atomic mass is 16.3. The molecule has 0 aliphatic heterocycles. The van der Waals surface area contributed by atoms with Crippen molar-refractivity contribution in [1.29, 1.82) is 0 Å². The molecule has 224 valence electrons. The Morgan fingerprint density at radius 3 is 1.27 bits per heavy atom. The summed E-state index contributed by atoms with van der Waals surface area (Å²) in [5.74, 6) is 1.75. The second-order valence-electron chi connectivity index (χ2n) is 11.9. The van der Waals surface area contributed by atoms with E-state index in [1.165, 1.54) is 0 Å². The molecule has 0 spiro atoms. The van der Waals surface area contributed by atoms with Gasteiger partial charge in [-0.1, -0.05) is 121 Å². The molecule has 10 rings (SSSR count). The van der Waals surface area contributed by atoms with Gasteiger partial charge in [0.15, 0.2) is 17.5 Å². The van der Waals surface area contributed by atoms with E-state index in [2.05, 4.69) is 84.9 Å². The van der Waals surface area contributed by atoms with E-state index in [1.807, 2.05) is 66.7 Å². The molecule has 0 bridgehead atoms. The highest BCUT2D eigenvalue weighted by Gasteiger charge is 2.21. The van der Waals surface area contributed by atoms with Crippen LogP contribution in [-0.4, -0.2) is 15.0 Å². The van der Waals surface area contributed by atoms with Crippen molar-refractivity contribution < 1.29 is 8.83 Å². The van der Waals surface area contributed by atoms with Crippen LogP contribution in [0, 0.1) is 0 Å². The first kappa shape index (κ1) is 26.6. The van der Waals surface area contributed by atoms with E-state index < -0.39 is 0 Å². The van der Waals surface area contributed by atoms with E-state index in [4.69, 9.17) is 23.8 Å². The fraction of sp³-hybridized carbons (Fsp3) is 0. The number of rotatable bonds is 4. The highest BCUT2D eigenvalue weighted by Crippen LogP contribution is 2.40. The van der Waals surface area contributed by atoms with E-state index >= 15 is 0 Å². The molecule has 5 nitrogen and oxygen atoms in total. The molecule has 10 aromatic rings. The smallest absolute Gasteiger partial charge is 0.164 e. The van der Waals surface area contributed by atoms with Crippen LogP contribution < -0.4 is 0 Å². The Labute approximate surface area is 274 Å². The number of nitrogens with zero attached hydrogens (tertiary/aromatic N) is 3. The molecule has 0 amide bonds. The molecular weight excluding hydrogens is 590 g/mol. The maximum absolute atomic E-state index is 6.27. The van der Waals surface area contributed by atoms with Crippen molar-refractivity contribution in [1.82, 2.24) is 15.0 Å². The van der Waals surface area contributed by atoms with Crippen LogP contribution in [-0.2, 0) is 0 Å². The SMILES string of the molecule is c1ccc(-c2ccc(-c3nc(-c4cccc5oc6ccccc6c45)nc(-c4cccc5oc6ccccc6c45)n3)c3ccccc23)cc1. The van der Waals surface area contributed by atoms with E-state index in [0.29, 0.717) is 17.5 Å². The van der Waals surface area contributed by atoms with Crippen LogP contribution in [0.4, 0.5) is 0 Å². The fourth-order valence-corrected chi connectivity index (χ4v) is 7.02. The van der Waals surface area contributed by atoms with Crippen LogP contribution in [0.3, 0.4) is 0 Å². The minimum atomic E-state index is 0.577. The predicted molar refractivity (Wildman–Crippen MR) is 194 cm³/mol. The third-order valence-electron chi connectivity index (χ3n) is 9.17. The lowest BCUT2D eigenvalue weighted by atomic mass is 9.94. The van der Waals surface area contributed by atoms with Gasteiger partial charge in [-0.2, -0.15) is 0 Å². The van der Waals surface area contributed by atoms with Crippen LogP contribution in [0.1, 0.15) is 0 Å². The van der Waals surface area contributed by atoms with Crippen molar-refractivity contribution >= 4 is 54.6 Å². The van der Waals surface area contributed by atoms with Crippen molar-refractivity contribution in [2.75, 3.05) is 0 Å². The molecule has 3 aromatic heterocycles. The number of hydrogen-bond acceptors (Lipinski definition) is 5. The summed E-state index contributed by atoms with van der Waals surface area (Å²) in [6.45, 7) is 0. The molecule has 0 saturated carbocycles. The molecular formula is C43H25N3O2. The number of benzene rings is 7. The highest BCUT2D eigenvalue weighted by molar-refractivity contribution is 6.13. The van der Waals surface area contributed by atoms with Gasteiger partial charge in [0, 0.05) is 38.2 Å². The minimum Gasteiger partial charge on any atom is -0.456 e. The van der Waals surface area contributed by atoms with Gasteiger partial charge in [0.05, 0.1) is 0 Å². The lowest BCUT2D eigenvalue weighted by molar-refractivity contribution is 0.668. The first-order valence-corrected chi connectivity index (χ1v) is 15.9. The summed E-state index contributed by atoms with van der Waals surface area (Å²) in [7, 11) is 0. The molecule has 7 aromatic carbocycles. The molecule has 3 heterocycles. The molecule has 0 N–H and O–H groups in total. The van der Waals surface area contributed by atoms with Gasteiger partial charge < -0.3 is 8.83 Å². The van der Waals surface area contributed by atoms with Gasteiger partial charge in [-0.15, -0.1) is 0 Å². The molecule has 0 radical (unpaired) electrons. The van der Waals surface area contributed by atoms with E-state index in [0.717, 1.165) is 82.5 Å². The zero-order valence-corrected chi connectivity index (χ0v) is 25.6. The van der Waals surface area contributed by atoms with Crippen molar-refractivity contribution in [3.63, 3.8) is 0 Å². The van der Waals surface area contributed by atoms with Gasteiger partial charge >= 0.3 is 0 Å². The number of aromatic nitrogens is 3. The number of furan rings is 2. The zero-order valence-electron chi connectivity index (χ0n) is 25.6. The average molecular weight is 616 g/mol. The summed E-state index contributed by atoms with van der Waals surface area (Å²) < 4.78 is 12.5. The molecule has 48 heavy (non-hydrogen) atoms. The van der Waals surface area contributed by atoms with Gasteiger partial charge in [-0.25, -0.2) is 15.0 Å². The Hall–Kier alpha value is -6.59. The average Bonchev–Trinajstić information content (AvgIpc) is 3.73. The van der Waals surface area contributed by atoms with Crippen molar-refractivity contribution in [3.05, 3.63) is 152 Å². The Morgan fingerprint density at radius 2 is 0.708 bits per heavy atom. The summed E-state index contributed by atoms with van der Waals surface area (Å²) >= 11 is 0. The quantitative estimate of drug-likeness (QED) is 0.197. The number of hydrogen-bond donors (Lipinski definition) is 0. The summed E-state index contributed by atoms with van der Waals surface area (Å²) in [5.41, 5.74) is 8.26. The Morgan fingerprint density at radius 1 is 0.292 bits per heavy atom. The summed E-state index contributed by atoms with van der Waals surface area (Å²) in [6, 6.07) is 51.6. The molecule has 0 aliphatic carbocycles.